The van der Waals surface area contributed by atoms with Crippen LogP contribution in [0.4, 0.5) is 0 Å². The van der Waals surface area contributed by atoms with Gasteiger partial charge in [0.15, 0.2) is 0 Å². The molecule has 0 fully saturated rings. The summed E-state index contributed by atoms with van der Waals surface area (Å²) in [5.41, 5.74) is 8.62. The van der Waals surface area contributed by atoms with Crippen molar-refractivity contribution in [3.05, 3.63) is 70.3 Å². The summed E-state index contributed by atoms with van der Waals surface area (Å²) >= 11 is 0. The summed E-state index contributed by atoms with van der Waals surface area (Å²) < 4.78 is 0. The van der Waals surface area contributed by atoms with E-state index in [1.807, 2.05) is 0 Å². The molecular formula is C33H44O. The van der Waals surface area contributed by atoms with E-state index in [9.17, 15) is 4.79 Å². The third kappa shape index (κ3) is 10.0. The number of carbonyl (C=O) groups is 1. The lowest BCUT2D eigenvalue weighted by Gasteiger charge is -2.23. The van der Waals surface area contributed by atoms with Crippen LogP contribution in [0.25, 0.3) is 0 Å². The van der Waals surface area contributed by atoms with E-state index in [4.69, 9.17) is 6.42 Å². The first-order valence-electron chi connectivity index (χ1n) is 12.7. The highest BCUT2D eigenvalue weighted by molar-refractivity contribution is 5.94. The molecule has 0 unspecified atom stereocenters. The van der Waals surface area contributed by atoms with E-state index >= 15 is 0 Å². The van der Waals surface area contributed by atoms with Crippen molar-refractivity contribution < 1.29 is 4.79 Å². The Hall–Kier alpha value is -2.77. The lowest BCUT2D eigenvalue weighted by Crippen LogP contribution is -2.09. The fourth-order valence-corrected chi connectivity index (χ4v) is 4.05. The average molecular weight is 457 g/mol. The molecule has 0 saturated carbocycles. The molecule has 0 aliphatic carbocycles. The zero-order chi connectivity index (χ0) is 25.7. The van der Waals surface area contributed by atoms with Gasteiger partial charge in [0.25, 0.3) is 0 Å². The standard InChI is InChI=1S/C33H44O/c1-10-12-23-33(8,9)24-32(25(3)4)26(5)19-20-30-22-21-29(27(6)28(30)7)17-15-13-14-16-18-31(34)11-2/h2,21-22,24H,3,5,10,12-14,16,18-20,23H2,1,4,6-9H3/b32-24-. The largest absolute Gasteiger partial charge is 0.285 e. The summed E-state index contributed by atoms with van der Waals surface area (Å²) in [6.07, 6.45) is 15.9. The van der Waals surface area contributed by atoms with Crippen LogP contribution in [-0.2, 0) is 11.2 Å². The van der Waals surface area contributed by atoms with Crippen LogP contribution in [0.15, 0.2) is 48.1 Å². The number of allylic oxidation sites excluding steroid dienone is 4. The predicted octanol–water partition coefficient (Wildman–Crippen LogP) is 8.63. The Morgan fingerprint density at radius 2 is 1.79 bits per heavy atom. The second-order valence-electron chi connectivity index (χ2n) is 10.1. The number of hydrogen-bond donors (Lipinski definition) is 0. The summed E-state index contributed by atoms with van der Waals surface area (Å²) in [6, 6.07) is 4.35. The number of carbonyl (C=O) groups excluding carboxylic acids is 1. The fourth-order valence-electron chi connectivity index (χ4n) is 4.05. The Balaban J connectivity index is 2.82. The first-order chi connectivity index (χ1) is 16.0. The SMILES string of the molecule is C#CC(=O)CCCCC#Cc1ccc(CCC(=C)/C(=C\C(C)(C)CCCC)C(=C)C)c(C)c1C. The van der Waals surface area contributed by atoms with E-state index in [0.29, 0.717) is 6.42 Å². The normalized spacial score (nSPS) is 11.4. The van der Waals surface area contributed by atoms with Gasteiger partial charge in [-0.15, -0.1) is 6.42 Å². The summed E-state index contributed by atoms with van der Waals surface area (Å²) in [5.74, 6) is 8.60. The molecule has 0 N–H and O–H groups in total. The number of aryl methyl sites for hydroxylation is 1. The van der Waals surface area contributed by atoms with Gasteiger partial charge in [-0.2, -0.15) is 0 Å². The molecule has 0 bridgehead atoms. The Labute approximate surface area is 209 Å². The fraction of sp³-hybridized carbons (Fsp3) is 0.485. The maximum atomic E-state index is 11.2. The van der Waals surface area contributed by atoms with Gasteiger partial charge in [0.2, 0.25) is 5.78 Å². The topological polar surface area (TPSA) is 17.1 Å². The van der Waals surface area contributed by atoms with Gasteiger partial charge in [-0.05, 0) is 98.1 Å². The summed E-state index contributed by atoms with van der Waals surface area (Å²) in [5, 5.41) is 0. The molecule has 1 aromatic rings. The Bertz CT molecular complexity index is 1010. The first-order valence-corrected chi connectivity index (χ1v) is 12.7. The predicted molar refractivity (Wildman–Crippen MR) is 149 cm³/mol. The number of benzene rings is 1. The van der Waals surface area contributed by atoms with Crippen LogP contribution >= 0.6 is 0 Å². The van der Waals surface area contributed by atoms with Gasteiger partial charge in [0.05, 0.1) is 0 Å². The number of ketones is 1. The van der Waals surface area contributed by atoms with Gasteiger partial charge in [-0.1, -0.05) is 76.3 Å². The molecule has 1 nitrogen and oxygen atoms in total. The molecule has 0 heterocycles. The zero-order valence-corrected chi connectivity index (χ0v) is 22.5. The molecule has 1 aromatic carbocycles. The van der Waals surface area contributed by atoms with Crippen molar-refractivity contribution in [2.75, 3.05) is 0 Å². The number of hydrogen-bond acceptors (Lipinski definition) is 1. The Kier molecular flexibility index (Phi) is 12.5. The van der Waals surface area contributed by atoms with Crippen molar-refractivity contribution in [1.29, 1.82) is 0 Å². The first kappa shape index (κ1) is 29.3. The quantitative estimate of drug-likeness (QED) is 0.126. The van der Waals surface area contributed by atoms with Crippen molar-refractivity contribution in [3.8, 4) is 24.2 Å². The molecule has 0 aliphatic heterocycles. The molecular weight excluding hydrogens is 412 g/mol. The van der Waals surface area contributed by atoms with Crippen LogP contribution in [0.2, 0.25) is 0 Å². The van der Waals surface area contributed by atoms with Crippen molar-refractivity contribution in [1.82, 2.24) is 0 Å². The highest BCUT2D eigenvalue weighted by Crippen LogP contribution is 2.32. The van der Waals surface area contributed by atoms with Gasteiger partial charge < -0.3 is 0 Å². The summed E-state index contributed by atoms with van der Waals surface area (Å²) in [7, 11) is 0. The lowest BCUT2D eigenvalue weighted by molar-refractivity contribution is -0.113. The Morgan fingerprint density at radius 1 is 1.09 bits per heavy atom. The van der Waals surface area contributed by atoms with Crippen LogP contribution in [-0.4, -0.2) is 5.78 Å². The molecule has 34 heavy (non-hydrogen) atoms. The van der Waals surface area contributed by atoms with Gasteiger partial charge in [0.1, 0.15) is 0 Å². The summed E-state index contributed by atoms with van der Waals surface area (Å²) in [4.78, 5) is 11.2. The summed E-state index contributed by atoms with van der Waals surface area (Å²) in [6.45, 7) is 21.9. The van der Waals surface area contributed by atoms with E-state index < -0.39 is 0 Å². The van der Waals surface area contributed by atoms with E-state index in [2.05, 4.69) is 90.7 Å². The van der Waals surface area contributed by atoms with Crippen molar-refractivity contribution in [2.45, 2.75) is 99.3 Å². The van der Waals surface area contributed by atoms with Crippen LogP contribution in [0.3, 0.4) is 0 Å². The molecule has 182 valence electrons. The molecule has 0 aliphatic rings. The Morgan fingerprint density at radius 3 is 2.41 bits per heavy atom. The minimum absolute atomic E-state index is 0.122. The van der Waals surface area contributed by atoms with Gasteiger partial charge in [-0.25, -0.2) is 0 Å². The number of unbranched alkanes of at least 4 members (excludes halogenated alkanes) is 3. The van der Waals surface area contributed by atoms with Crippen molar-refractivity contribution in [2.24, 2.45) is 5.41 Å². The zero-order valence-electron chi connectivity index (χ0n) is 22.5. The maximum absolute atomic E-state index is 11.2. The molecule has 0 aromatic heterocycles. The van der Waals surface area contributed by atoms with Crippen LogP contribution in [0.1, 0.15) is 101 Å². The molecule has 0 saturated heterocycles. The molecule has 0 spiro atoms. The van der Waals surface area contributed by atoms with Gasteiger partial charge in [-0.3, -0.25) is 4.79 Å². The third-order valence-electron chi connectivity index (χ3n) is 6.49. The highest BCUT2D eigenvalue weighted by atomic mass is 16.1. The molecule has 1 heteroatoms. The lowest BCUT2D eigenvalue weighted by atomic mass is 9.82. The van der Waals surface area contributed by atoms with Gasteiger partial charge >= 0.3 is 0 Å². The third-order valence-corrected chi connectivity index (χ3v) is 6.49. The minimum atomic E-state index is -0.122. The van der Waals surface area contributed by atoms with Crippen molar-refractivity contribution in [3.63, 3.8) is 0 Å². The second-order valence-corrected chi connectivity index (χ2v) is 10.1. The van der Waals surface area contributed by atoms with E-state index in [1.165, 1.54) is 47.1 Å². The van der Waals surface area contributed by atoms with Gasteiger partial charge in [0, 0.05) is 18.4 Å². The minimum Gasteiger partial charge on any atom is -0.285 e. The second kappa shape index (κ2) is 14.5. The average Bonchev–Trinajstić information content (AvgIpc) is 2.79. The maximum Gasteiger partial charge on any atom is 0.205 e. The molecule has 0 amide bonds. The smallest absolute Gasteiger partial charge is 0.205 e. The molecule has 1 rings (SSSR count). The highest BCUT2D eigenvalue weighted by Gasteiger charge is 2.17. The van der Waals surface area contributed by atoms with Crippen LogP contribution in [0.5, 0.6) is 0 Å². The van der Waals surface area contributed by atoms with E-state index in [0.717, 1.165) is 43.2 Å². The van der Waals surface area contributed by atoms with E-state index in [-0.39, 0.29) is 11.2 Å². The monoisotopic (exact) mass is 456 g/mol. The van der Waals surface area contributed by atoms with E-state index in [1.54, 1.807) is 0 Å². The molecule has 0 radical (unpaired) electrons. The van der Waals surface area contributed by atoms with Crippen molar-refractivity contribution >= 4 is 5.78 Å². The molecule has 0 atom stereocenters. The number of terminal acetylenes is 1. The number of rotatable bonds is 13. The number of Topliss-reactive ketones (excluding diaryl/α,β-unsaturated/α-hetero) is 1. The van der Waals surface area contributed by atoms with Crippen LogP contribution in [0, 0.1) is 43.4 Å². The van der Waals surface area contributed by atoms with Crippen LogP contribution < -0.4 is 0 Å².